The summed E-state index contributed by atoms with van der Waals surface area (Å²) in [5.41, 5.74) is 1.40. The molecule has 15 heavy (non-hydrogen) atoms. The molecule has 72 valence electrons. The summed E-state index contributed by atoms with van der Waals surface area (Å²) in [7, 11) is 1.81. The molecule has 2 heterocycles. The number of carbonyl (C=O) groups excluding carboxylic acids is 1. The summed E-state index contributed by atoms with van der Waals surface area (Å²) in [6.07, 6.45) is 3.04. The van der Waals surface area contributed by atoms with Gasteiger partial charge in [0.25, 0.3) is 0 Å². The molecule has 2 aromatic heterocycles. The van der Waals surface area contributed by atoms with Crippen LogP contribution in [0.25, 0.3) is 11.0 Å². The predicted octanol–water partition coefficient (Wildman–Crippen LogP) is -3.36. The fraction of sp³-hybridized carbons (Fsp3) is 0.222. The standard InChI is InChI=1S/C9H9N3O2.K/c1-5-3-12(2)8-6(5)7(9(13)14)10-4-11-8;/h3-4H,1-2H3,(H,13,14);/q;+1/p-1. The molecule has 2 aromatic rings. The van der Waals surface area contributed by atoms with Gasteiger partial charge in [-0.1, -0.05) is 0 Å². The van der Waals surface area contributed by atoms with E-state index in [1.54, 1.807) is 11.6 Å². The number of aromatic nitrogens is 3. The molecule has 0 aliphatic rings. The van der Waals surface area contributed by atoms with Gasteiger partial charge in [0.15, 0.2) is 0 Å². The van der Waals surface area contributed by atoms with Gasteiger partial charge in [0, 0.05) is 18.6 Å². The second kappa shape index (κ2) is 4.71. The molecule has 0 aromatic carbocycles. The number of rotatable bonds is 1. The average molecular weight is 229 g/mol. The molecular formula is C9H8KN3O2. The molecule has 0 aliphatic heterocycles. The molecule has 5 nitrogen and oxygen atoms in total. The van der Waals surface area contributed by atoms with E-state index in [-0.39, 0.29) is 57.1 Å². The van der Waals surface area contributed by atoms with Crippen molar-refractivity contribution in [2.75, 3.05) is 0 Å². The number of nitrogens with zero attached hydrogens (tertiary/aromatic N) is 3. The van der Waals surface area contributed by atoms with Gasteiger partial charge < -0.3 is 14.5 Å². The monoisotopic (exact) mass is 229 g/mol. The van der Waals surface area contributed by atoms with Crippen LogP contribution >= 0.6 is 0 Å². The van der Waals surface area contributed by atoms with Crippen molar-refractivity contribution in [3.8, 4) is 0 Å². The van der Waals surface area contributed by atoms with Crippen LogP contribution in [0.2, 0.25) is 0 Å². The summed E-state index contributed by atoms with van der Waals surface area (Å²) in [5, 5.41) is 11.3. The Labute approximate surface area is 129 Å². The zero-order valence-electron chi connectivity index (χ0n) is 8.81. The number of carboxylic acid groups (broad SMARTS) is 1. The molecule has 0 saturated carbocycles. The fourth-order valence-corrected chi connectivity index (χ4v) is 1.58. The molecule has 0 atom stereocenters. The molecule has 0 fully saturated rings. The van der Waals surface area contributed by atoms with Crippen LogP contribution in [0, 0.1) is 6.92 Å². The third-order valence-corrected chi connectivity index (χ3v) is 2.14. The number of carboxylic acids is 1. The van der Waals surface area contributed by atoms with Gasteiger partial charge >= 0.3 is 51.4 Å². The van der Waals surface area contributed by atoms with Crippen molar-refractivity contribution in [3.05, 3.63) is 23.8 Å². The summed E-state index contributed by atoms with van der Waals surface area (Å²) in [5.74, 6) is -1.27. The van der Waals surface area contributed by atoms with E-state index in [1.807, 2.05) is 13.1 Å². The van der Waals surface area contributed by atoms with E-state index >= 15 is 0 Å². The van der Waals surface area contributed by atoms with E-state index in [0.717, 1.165) is 5.56 Å². The van der Waals surface area contributed by atoms with Gasteiger partial charge in [-0.15, -0.1) is 0 Å². The van der Waals surface area contributed by atoms with Crippen molar-refractivity contribution in [1.29, 1.82) is 0 Å². The van der Waals surface area contributed by atoms with Crippen LogP contribution in [0.3, 0.4) is 0 Å². The van der Waals surface area contributed by atoms with E-state index in [9.17, 15) is 9.90 Å². The normalized spacial score (nSPS) is 10.0. The second-order valence-electron chi connectivity index (χ2n) is 3.13. The third kappa shape index (κ3) is 2.14. The topological polar surface area (TPSA) is 70.8 Å². The van der Waals surface area contributed by atoms with Crippen molar-refractivity contribution >= 4 is 17.0 Å². The molecule has 0 bridgehead atoms. The number of aromatic carboxylic acids is 1. The number of hydrogen-bond acceptors (Lipinski definition) is 4. The molecule has 2 rings (SSSR count). The predicted molar refractivity (Wildman–Crippen MR) is 47.6 cm³/mol. The Kier molecular flexibility index (Phi) is 4.02. The molecule has 0 saturated heterocycles. The Morgan fingerprint density at radius 1 is 1.47 bits per heavy atom. The van der Waals surface area contributed by atoms with Gasteiger partial charge in [-0.25, -0.2) is 9.97 Å². The maximum Gasteiger partial charge on any atom is 1.00 e. The Morgan fingerprint density at radius 3 is 2.73 bits per heavy atom. The van der Waals surface area contributed by atoms with Crippen LogP contribution in [0.5, 0.6) is 0 Å². The van der Waals surface area contributed by atoms with Gasteiger partial charge in [-0.3, -0.25) is 0 Å². The van der Waals surface area contributed by atoms with E-state index in [1.165, 1.54) is 6.33 Å². The third-order valence-electron chi connectivity index (χ3n) is 2.14. The van der Waals surface area contributed by atoms with E-state index in [0.29, 0.717) is 11.0 Å². The smallest absolute Gasteiger partial charge is 0.543 e. The number of fused-ring (bicyclic) bond motifs is 1. The first kappa shape index (κ1) is 12.8. The molecular weight excluding hydrogens is 221 g/mol. The first-order valence-corrected chi connectivity index (χ1v) is 4.09. The van der Waals surface area contributed by atoms with Gasteiger partial charge in [0.1, 0.15) is 12.0 Å². The van der Waals surface area contributed by atoms with Gasteiger partial charge in [-0.05, 0) is 12.5 Å². The van der Waals surface area contributed by atoms with Crippen molar-refractivity contribution in [2.45, 2.75) is 6.92 Å². The maximum absolute atomic E-state index is 10.8. The number of aryl methyl sites for hydroxylation is 2. The SMILES string of the molecule is Cc1cn(C)c2ncnc(C(=O)[O-])c12.[K+]. The molecule has 0 unspecified atom stereocenters. The number of hydrogen-bond donors (Lipinski definition) is 0. The first-order chi connectivity index (χ1) is 6.61. The first-order valence-electron chi connectivity index (χ1n) is 4.09. The molecule has 6 heteroatoms. The molecule has 0 spiro atoms. The number of carbonyl (C=O) groups is 1. The van der Waals surface area contributed by atoms with Crippen LogP contribution in [-0.4, -0.2) is 20.5 Å². The van der Waals surface area contributed by atoms with E-state index in [2.05, 4.69) is 9.97 Å². The van der Waals surface area contributed by atoms with Gasteiger partial charge in [-0.2, -0.15) is 0 Å². The molecule has 0 radical (unpaired) electrons. The quantitative estimate of drug-likeness (QED) is 0.479. The van der Waals surface area contributed by atoms with Crippen LogP contribution in [0.4, 0.5) is 0 Å². The summed E-state index contributed by atoms with van der Waals surface area (Å²) in [6.45, 7) is 1.82. The van der Waals surface area contributed by atoms with Crippen LogP contribution in [-0.2, 0) is 7.05 Å². The minimum Gasteiger partial charge on any atom is -0.543 e. The maximum atomic E-state index is 10.8. The summed E-state index contributed by atoms with van der Waals surface area (Å²) < 4.78 is 1.76. The van der Waals surface area contributed by atoms with Crippen molar-refractivity contribution < 1.29 is 61.3 Å². The second-order valence-corrected chi connectivity index (χ2v) is 3.13. The molecule has 0 N–H and O–H groups in total. The minimum absolute atomic E-state index is 0. The van der Waals surface area contributed by atoms with E-state index in [4.69, 9.17) is 0 Å². The average Bonchev–Trinajstić information content (AvgIpc) is 2.43. The summed E-state index contributed by atoms with van der Waals surface area (Å²) >= 11 is 0. The van der Waals surface area contributed by atoms with E-state index < -0.39 is 5.97 Å². The van der Waals surface area contributed by atoms with Gasteiger partial charge in [0.2, 0.25) is 0 Å². The Morgan fingerprint density at radius 2 is 2.13 bits per heavy atom. The van der Waals surface area contributed by atoms with Crippen LogP contribution in [0.1, 0.15) is 16.1 Å². The fourth-order valence-electron chi connectivity index (χ4n) is 1.58. The Bertz CT molecular complexity index is 521. The van der Waals surface area contributed by atoms with Gasteiger partial charge in [0.05, 0.1) is 11.7 Å². The molecule has 0 amide bonds. The Balaban J connectivity index is 0.00000112. The zero-order chi connectivity index (χ0) is 10.3. The zero-order valence-corrected chi connectivity index (χ0v) is 11.9. The van der Waals surface area contributed by atoms with Crippen LogP contribution < -0.4 is 56.5 Å². The minimum atomic E-state index is -1.27. The largest absolute Gasteiger partial charge is 1.00 e. The summed E-state index contributed by atoms with van der Waals surface area (Å²) in [4.78, 5) is 18.5. The van der Waals surface area contributed by atoms with Crippen molar-refractivity contribution in [2.24, 2.45) is 7.05 Å². The molecule has 0 aliphatic carbocycles. The summed E-state index contributed by atoms with van der Waals surface area (Å²) in [6, 6.07) is 0. The van der Waals surface area contributed by atoms with Crippen molar-refractivity contribution in [1.82, 2.24) is 14.5 Å². The Hall–Kier alpha value is -0.274. The van der Waals surface area contributed by atoms with Crippen LogP contribution in [0.15, 0.2) is 12.5 Å². The van der Waals surface area contributed by atoms with Crippen molar-refractivity contribution in [3.63, 3.8) is 0 Å².